The number of amides is 1. The molecule has 0 unspecified atom stereocenters. The fourth-order valence-corrected chi connectivity index (χ4v) is 2.28. The molecular weight excluding hydrogens is 252 g/mol. The lowest BCUT2D eigenvalue weighted by molar-refractivity contribution is 0.102. The van der Waals surface area contributed by atoms with Gasteiger partial charge in [0.2, 0.25) is 0 Å². The molecule has 0 saturated carbocycles. The van der Waals surface area contributed by atoms with Crippen molar-refractivity contribution in [2.24, 2.45) is 0 Å². The van der Waals surface area contributed by atoms with Gasteiger partial charge in [0.15, 0.2) is 10.8 Å². The molecule has 0 radical (unpaired) electrons. The topological polar surface area (TPSA) is 84.7 Å². The summed E-state index contributed by atoms with van der Waals surface area (Å²) in [4.78, 5) is 16.1. The second-order valence-electron chi connectivity index (χ2n) is 4.14. The van der Waals surface area contributed by atoms with E-state index in [1.807, 2.05) is 12.3 Å². The Morgan fingerprint density at radius 1 is 1.61 bits per heavy atom. The van der Waals surface area contributed by atoms with Gasteiger partial charge in [-0.3, -0.25) is 10.1 Å². The van der Waals surface area contributed by atoms with Crippen molar-refractivity contribution in [1.29, 1.82) is 0 Å². The average Bonchev–Trinajstić information content (AvgIpc) is 2.86. The van der Waals surface area contributed by atoms with Gasteiger partial charge in [0, 0.05) is 18.5 Å². The van der Waals surface area contributed by atoms with Crippen molar-refractivity contribution in [2.75, 3.05) is 18.4 Å². The number of rotatable bonds is 3. The van der Waals surface area contributed by atoms with Crippen LogP contribution in [0.15, 0.2) is 11.6 Å². The van der Waals surface area contributed by atoms with Gasteiger partial charge in [-0.15, -0.1) is 16.4 Å². The first-order chi connectivity index (χ1) is 8.72. The Labute approximate surface area is 107 Å². The van der Waals surface area contributed by atoms with E-state index in [2.05, 4.69) is 25.9 Å². The van der Waals surface area contributed by atoms with Crippen LogP contribution in [0.1, 0.15) is 22.2 Å². The molecule has 0 bridgehead atoms. The molecular formula is C10H12N6OS. The predicted octanol–water partition coefficient (Wildman–Crippen LogP) is 0.440. The third-order valence-electron chi connectivity index (χ3n) is 2.72. The summed E-state index contributed by atoms with van der Waals surface area (Å²) in [6.07, 6.45) is 1.67. The van der Waals surface area contributed by atoms with Crippen LogP contribution in [0.2, 0.25) is 0 Å². The standard InChI is InChI=1S/C10H12N6OS/c1-6-5-18-10(12-6)13-9(17)8-4-16(15-14-8)7-2-11-3-7/h4-5,7,11H,2-3H2,1H3,(H,12,13,17). The Kier molecular flexibility index (Phi) is 2.80. The molecule has 1 saturated heterocycles. The lowest BCUT2D eigenvalue weighted by Crippen LogP contribution is -2.43. The molecule has 1 aliphatic rings. The Morgan fingerprint density at radius 3 is 3.06 bits per heavy atom. The van der Waals surface area contributed by atoms with E-state index in [4.69, 9.17) is 0 Å². The van der Waals surface area contributed by atoms with Gasteiger partial charge < -0.3 is 5.32 Å². The maximum absolute atomic E-state index is 11.9. The van der Waals surface area contributed by atoms with Crippen LogP contribution >= 0.6 is 11.3 Å². The van der Waals surface area contributed by atoms with Crippen LogP contribution in [0.4, 0.5) is 5.13 Å². The number of hydrogen-bond donors (Lipinski definition) is 2. The third kappa shape index (κ3) is 2.12. The van der Waals surface area contributed by atoms with E-state index < -0.39 is 0 Å². The summed E-state index contributed by atoms with van der Waals surface area (Å²) in [7, 11) is 0. The number of anilines is 1. The van der Waals surface area contributed by atoms with Crippen molar-refractivity contribution in [3.05, 3.63) is 23.0 Å². The van der Waals surface area contributed by atoms with Crippen LogP contribution in [0.25, 0.3) is 0 Å². The highest BCUT2D eigenvalue weighted by molar-refractivity contribution is 7.13. The minimum atomic E-state index is -0.275. The number of carbonyl (C=O) groups is 1. The molecule has 2 aromatic heterocycles. The monoisotopic (exact) mass is 264 g/mol. The molecule has 1 amide bonds. The van der Waals surface area contributed by atoms with Gasteiger partial charge in [-0.2, -0.15) is 0 Å². The second kappa shape index (κ2) is 4.46. The van der Waals surface area contributed by atoms with E-state index >= 15 is 0 Å². The molecule has 0 spiro atoms. The zero-order chi connectivity index (χ0) is 12.5. The third-order valence-corrected chi connectivity index (χ3v) is 3.59. The van der Waals surface area contributed by atoms with E-state index in [-0.39, 0.29) is 5.91 Å². The summed E-state index contributed by atoms with van der Waals surface area (Å²) < 4.78 is 1.72. The summed E-state index contributed by atoms with van der Waals surface area (Å²) in [5.74, 6) is -0.275. The number of nitrogens with zero attached hydrogens (tertiary/aromatic N) is 4. The highest BCUT2D eigenvalue weighted by Crippen LogP contribution is 2.15. The van der Waals surface area contributed by atoms with Crippen molar-refractivity contribution >= 4 is 22.4 Å². The molecule has 2 N–H and O–H groups in total. The Hall–Kier alpha value is -1.80. The molecule has 1 fully saturated rings. The Morgan fingerprint density at radius 2 is 2.44 bits per heavy atom. The molecule has 7 nitrogen and oxygen atoms in total. The molecule has 3 rings (SSSR count). The van der Waals surface area contributed by atoms with Crippen LogP contribution in [0.3, 0.4) is 0 Å². The maximum Gasteiger partial charge on any atom is 0.279 e. The van der Waals surface area contributed by atoms with Crippen LogP contribution < -0.4 is 10.6 Å². The summed E-state index contributed by atoms with van der Waals surface area (Å²) in [5.41, 5.74) is 1.20. The molecule has 94 valence electrons. The molecule has 1 aliphatic heterocycles. The summed E-state index contributed by atoms with van der Waals surface area (Å²) in [6.45, 7) is 3.62. The average molecular weight is 264 g/mol. The first kappa shape index (κ1) is 11.3. The van der Waals surface area contributed by atoms with Crippen LogP contribution in [-0.2, 0) is 0 Å². The Bertz CT molecular complexity index is 572. The number of carbonyl (C=O) groups excluding carboxylic acids is 1. The van der Waals surface area contributed by atoms with E-state index in [1.54, 1.807) is 10.9 Å². The van der Waals surface area contributed by atoms with Crippen molar-refractivity contribution in [2.45, 2.75) is 13.0 Å². The minimum Gasteiger partial charge on any atom is -0.312 e. The van der Waals surface area contributed by atoms with E-state index in [1.165, 1.54) is 11.3 Å². The number of hydrogen-bond acceptors (Lipinski definition) is 6. The summed E-state index contributed by atoms with van der Waals surface area (Å²) in [6, 6.07) is 0.307. The zero-order valence-corrected chi connectivity index (χ0v) is 10.6. The number of aryl methyl sites for hydroxylation is 1. The number of nitrogens with one attached hydrogen (secondary N) is 2. The fraction of sp³-hybridized carbons (Fsp3) is 0.400. The zero-order valence-electron chi connectivity index (χ0n) is 9.75. The van der Waals surface area contributed by atoms with Crippen molar-refractivity contribution in [3.63, 3.8) is 0 Å². The van der Waals surface area contributed by atoms with E-state index in [9.17, 15) is 4.79 Å². The van der Waals surface area contributed by atoms with E-state index in [0.29, 0.717) is 16.9 Å². The molecule has 8 heteroatoms. The molecule has 0 atom stereocenters. The number of aromatic nitrogens is 4. The highest BCUT2D eigenvalue weighted by Gasteiger charge is 2.21. The first-order valence-corrected chi connectivity index (χ1v) is 6.46. The predicted molar refractivity (Wildman–Crippen MR) is 66.7 cm³/mol. The van der Waals surface area contributed by atoms with Crippen LogP contribution in [0, 0.1) is 6.92 Å². The molecule has 3 heterocycles. The van der Waals surface area contributed by atoms with Crippen LogP contribution in [0.5, 0.6) is 0 Å². The lowest BCUT2D eigenvalue weighted by Gasteiger charge is -2.26. The van der Waals surface area contributed by atoms with Crippen molar-refractivity contribution in [3.8, 4) is 0 Å². The van der Waals surface area contributed by atoms with Gasteiger partial charge in [0.1, 0.15) is 0 Å². The van der Waals surface area contributed by atoms with E-state index in [0.717, 1.165) is 18.8 Å². The highest BCUT2D eigenvalue weighted by atomic mass is 32.1. The second-order valence-corrected chi connectivity index (χ2v) is 5.00. The molecule has 0 aromatic carbocycles. The SMILES string of the molecule is Cc1csc(NC(=O)c2cn(C3CNC3)nn2)n1. The lowest BCUT2D eigenvalue weighted by atomic mass is 10.2. The largest absolute Gasteiger partial charge is 0.312 e. The van der Waals surface area contributed by atoms with Gasteiger partial charge >= 0.3 is 0 Å². The number of thiazole rings is 1. The quantitative estimate of drug-likeness (QED) is 0.840. The Balaban J connectivity index is 1.70. The molecule has 18 heavy (non-hydrogen) atoms. The van der Waals surface area contributed by atoms with Gasteiger partial charge in [0.05, 0.1) is 17.9 Å². The van der Waals surface area contributed by atoms with Gasteiger partial charge in [0.25, 0.3) is 5.91 Å². The van der Waals surface area contributed by atoms with Gasteiger partial charge in [-0.25, -0.2) is 9.67 Å². The molecule has 0 aliphatic carbocycles. The maximum atomic E-state index is 11.9. The summed E-state index contributed by atoms with van der Waals surface area (Å²) >= 11 is 1.39. The van der Waals surface area contributed by atoms with Crippen molar-refractivity contribution < 1.29 is 4.79 Å². The summed E-state index contributed by atoms with van der Waals surface area (Å²) in [5, 5.41) is 16.1. The normalized spacial score (nSPS) is 15.4. The fourth-order valence-electron chi connectivity index (χ4n) is 1.59. The minimum absolute atomic E-state index is 0.275. The van der Waals surface area contributed by atoms with Crippen molar-refractivity contribution in [1.82, 2.24) is 25.3 Å². The molecule has 2 aromatic rings. The van der Waals surface area contributed by atoms with Gasteiger partial charge in [-0.1, -0.05) is 5.21 Å². The van der Waals surface area contributed by atoms with Gasteiger partial charge in [-0.05, 0) is 6.92 Å². The smallest absolute Gasteiger partial charge is 0.279 e. The first-order valence-electron chi connectivity index (χ1n) is 5.58. The van der Waals surface area contributed by atoms with Crippen LogP contribution in [-0.4, -0.2) is 39.0 Å².